The Morgan fingerprint density at radius 3 is 3.33 bits per heavy atom. The third-order valence-corrected chi connectivity index (χ3v) is 2.92. The van der Waals surface area contributed by atoms with Crippen LogP contribution in [0.1, 0.15) is 15.6 Å². The SMILES string of the molecule is N#CCc1nc2c(s1)CCOC2. The molecule has 2 rings (SSSR count). The summed E-state index contributed by atoms with van der Waals surface area (Å²) in [7, 11) is 0. The van der Waals surface area contributed by atoms with Gasteiger partial charge in [0.05, 0.1) is 31.4 Å². The summed E-state index contributed by atoms with van der Waals surface area (Å²) in [6.45, 7) is 1.42. The van der Waals surface area contributed by atoms with Gasteiger partial charge < -0.3 is 4.74 Å². The maximum atomic E-state index is 8.47. The van der Waals surface area contributed by atoms with Crippen LogP contribution in [0.4, 0.5) is 0 Å². The summed E-state index contributed by atoms with van der Waals surface area (Å²) in [6.07, 6.45) is 1.39. The van der Waals surface area contributed by atoms with Crippen molar-refractivity contribution in [2.45, 2.75) is 19.4 Å². The molecular formula is C8H8N2OS. The highest BCUT2D eigenvalue weighted by atomic mass is 32.1. The largest absolute Gasteiger partial charge is 0.375 e. The number of thiazole rings is 1. The maximum absolute atomic E-state index is 8.47. The molecule has 0 bridgehead atoms. The van der Waals surface area contributed by atoms with Crippen LogP contribution in [0.2, 0.25) is 0 Å². The molecule has 1 aliphatic heterocycles. The minimum absolute atomic E-state index is 0.428. The molecule has 0 radical (unpaired) electrons. The highest BCUT2D eigenvalue weighted by Gasteiger charge is 2.14. The standard InChI is InChI=1S/C8H8N2OS/c9-3-1-8-10-6-5-11-4-2-7(6)12-8/h1-2,4-5H2. The van der Waals surface area contributed by atoms with Gasteiger partial charge in [-0.15, -0.1) is 11.3 Å². The number of rotatable bonds is 1. The van der Waals surface area contributed by atoms with Crippen LogP contribution in [0.25, 0.3) is 0 Å². The molecule has 3 nitrogen and oxygen atoms in total. The zero-order valence-electron chi connectivity index (χ0n) is 6.54. The van der Waals surface area contributed by atoms with Crippen molar-refractivity contribution in [3.63, 3.8) is 0 Å². The summed E-state index contributed by atoms with van der Waals surface area (Å²) in [5.74, 6) is 0. The van der Waals surface area contributed by atoms with Crippen molar-refractivity contribution in [3.05, 3.63) is 15.6 Å². The summed E-state index contributed by atoms with van der Waals surface area (Å²) in [6, 6.07) is 2.10. The Morgan fingerprint density at radius 1 is 1.67 bits per heavy atom. The van der Waals surface area contributed by atoms with Crippen molar-refractivity contribution >= 4 is 11.3 Å². The smallest absolute Gasteiger partial charge is 0.107 e. The predicted molar refractivity (Wildman–Crippen MR) is 44.8 cm³/mol. The minimum atomic E-state index is 0.428. The number of nitriles is 1. The third-order valence-electron chi connectivity index (χ3n) is 1.77. The summed E-state index contributed by atoms with van der Waals surface area (Å²) in [5.41, 5.74) is 1.04. The number of fused-ring (bicyclic) bond motifs is 1. The number of hydrogen-bond donors (Lipinski definition) is 0. The Kier molecular flexibility index (Phi) is 2.07. The molecule has 1 aliphatic rings. The molecular weight excluding hydrogens is 172 g/mol. The highest BCUT2D eigenvalue weighted by Crippen LogP contribution is 2.23. The second-order valence-corrected chi connectivity index (χ2v) is 3.78. The Hall–Kier alpha value is -0.920. The minimum Gasteiger partial charge on any atom is -0.375 e. The molecule has 0 unspecified atom stereocenters. The average molecular weight is 180 g/mol. The fourth-order valence-corrected chi connectivity index (χ4v) is 2.21. The first-order chi connectivity index (χ1) is 5.90. The Labute approximate surface area is 74.6 Å². The molecule has 12 heavy (non-hydrogen) atoms. The number of ether oxygens (including phenoxy) is 1. The highest BCUT2D eigenvalue weighted by molar-refractivity contribution is 7.11. The second-order valence-electron chi connectivity index (χ2n) is 2.61. The van der Waals surface area contributed by atoms with Gasteiger partial charge in [0.2, 0.25) is 0 Å². The van der Waals surface area contributed by atoms with Crippen LogP contribution in [0, 0.1) is 11.3 Å². The topological polar surface area (TPSA) is 45.9 Å². The van der Waals surface area contributed by atoms with E-state index in [-0.39, 0.29) is 0 Å². The van der Waals surface area contributed by atoms with Gasteiger partial charge in [-0.05, 0) is 0 Å². The van der Waals surface area contributed by atoms with Crippen LogP contribution in [-0.4, -0.2) is 11.6 Å². The lowest BCUT2D eigenvalue weighted by Crippen LogP contribution is -2.07. The molecule has 1 aromatic heterocycles. The molecule has 0 amide bonds. The lowest BCUT2D eigenvalue weighted by molar-refractivity contribution is 0.109. The quantitative estimate of drug-likeness (QED) is 0.654. The monoisotopic (exact) mass is 180 g/mol. The van der Waals surface area contributed by atoms with E-state index in [4.69, 9.17) is 10.00 Å². The molecule has 4 heteroatoms. The first-order valence-corrected chi connectivity index (χ1v) is 4.64. The fraction of sp³-hybridized carbons (Fsp3) is 0.500. The van der Waals surface area contributed by atoms with Gasteiger partial charge in [-0.1, -0.05) is 0 Å². The lowest BCUT2D eigenvalue weighted by Gasteiger charge is -2.08. The van der Waals surface area contributed by atoms with E-state index in [1.807, 2.05) is 0 Å². The number of hydrogen-bond acceptors (Lipinski definition) is 4. The first kappa shape index (κ1) is 7.71. The Bertz CT molecular complexity index is 303. The van der Waals surface area contributed by atoms with Crippen molar-refractivity contribution in [2.24, 2.45) is 0 Å². The van der Waals surface area contributed by atoms with Gasteiger partial charge in [-0.25, -0.2) is 4.98 Å². The summed E-state index contributed by atoms with van der Waals surface area (Å²) >= 11 is 1.65. The molecule has 0 fully saturated rings. The van der Waals surface area contributed by atoms with Crippen molar-refractivity contribution < 1.29 is 4.74 Å². The molecule has 2 heterocycles. The Morgan fingerprint density at radius 2 is 2.58 bits per heavy atom. The molecule has 0 spiro atoms. The first-order valence-electron chi connectivity index (χ1n) is 3.82. The Balaban J connectivity index is 2.27. The zero-order valence-corrected chi connectivity index (χ0v) is 7.36. The summed E-state index contributed by atoms with van der Waals surface area (Å²) < 4.78 is 5.25. The molecule has 0 aromatic carbocycles. The molecule has 1 aromatic rings. The van der Waals surface area contributed by atoms with Crippen LogP contribution >= 0.6 is 11.3 Å². The lowest BCUT2D eigenvalue weighted by atomic mass is 10.2. The number of nitrogens with zero attached hydrogens (tertiary/aromatic N) is 2. The maximum Gasteiger partial charge on any atom is 0.107 e. The number of aromatic nitrogens is 1. The van der Waals surface area contributed by atoms with Crippen molar-refractivity contribution in [2.75, 3.05) is 6.61 Å². The van der Waals surface area contributed by atoms with E-state index in [1.54, 1.807) is 11.3 Å². The van der Waals surface area contributed by atoms with E-state index in [2.05, 4.69) is 11.1 Å². The van der Waals surface area contributed by atoms with E-state index in [9.17, 15) is 0 Å². The van der Waals surface area contributed by atoms with Crippen LogP contribution in [0.3, 0.4) is 0 Å². The zero-order chi connectivity index (χ0) is 8.39. The van der Waals surface area contributed by atoms with E-state index < -0.39 is 0 Å². The summed E-state index contributed by atoms with van der Waals surface area (Å²) in [4.78, 5) is 5.61. The third kappa shape index (κ3) is 1.33. The molecule has 0 atom stereocenters. The van der Waals surface area contributed by atoms with Gasteiger partial charge in [0.25, 0.3) is 0 Å². The van der Waals surface area contributed by atoms with Gasteiger partial charge in [-0.3, -0.25) is 0 Å². The molecule has 0 saturated carbocycles. The van der Waals surface area contributed by atoms with Crippen molar-refractivity contribution in [1.82, 2.24) is 4.98 Å². The van der Waals surface area contributed by atoms with Gasteiger partial charge in [-0.2, -0.15) is 5.26 Å². The van der Waals surface area contributed by atoms with Crippen molar-refractivity contribution in [1.29, 1.82) is 5.26 Å². The van der Waals surface area contributed by atoms with Crippen LogP contribution in [0.5, 0.6) is 0 Å². The van der Waals surface area contributed by atoms with E-state index >= 15 is 0 Å². The summed E-state index contributed by atoms with van der Waals surface area (Å²) in [5, 5.41) is 9.39. The molecule has 0 aliphatic carbocycles. The van der Waals surface area contributed by atoms with Gasteiger partial charge in [0.1, 0.15) is 5.01 Å². The van der Waals surface area contributed by atoms with E-state index in [0.717, 1.165) is 23.7 Å². The fourth-order valence-electron chi connectivity index (χ4n) is 1.22. The average Bonchev–Trinajstić information content (AvgIpc) is 2.47. The normalized spacial score (nSPS) is 15.2. The molecule has 62 valence electrons. The predicted octanol–water partition coefficient (Wildman–Crippen LogP) is 1.28. The van der Waals surface area contributed by atoms with Crippen LogP contribution < -0.4 is 0 Å². The molecule has 0 saturated heterocycles. The van der Waals surface area contributed by atoms with E-state index in [0.29, 0.717) is 13.0 Å². The van der Waals surface area contributed by atoms with Gasteiger partial charge in [0.15, 0.2) is 0 Å². The second kappa shape index (κ2) is 3.21. The van der Waals surface area contributed by atoms with Crippen molar-refractivity contribution in [3.8, 4) is 6.07 Å². The van der Waals surface area contributed by atoms with Crippen LogP contribution in [0.15, 0.2) is 0 Å². The van der Waals surface area contributed by atoms with E-state index in [1.165, 1.54) is 4.88 Å². The van der Waals surface area contributed by atoms with Gasteiger partial charge >= 0.3 is 0 Å². The molecule has 0 N–H and O–H groups in total. The van der Waals surface area contributed by atoms with Gasteiger partial charge in [0, 0.05) is 11.3 Å². The van der Waals surface area contributed by atoms with Crippen LogP contribution in [-0.2, 0) is 24.2 Å².